The minimum absolute atomic E-state index is 0.214. The number of rotatable bonds is 13. The first-order chi connectivity index (χ1) is 11.7. The zero-order valence-corrected chi connectivity index (χ0v) is 18.9. The molecule has 0 fully saturated rings. The van der Waals surface area contributed by atoms with Gasteiger partial charge in [-0.05, 0) is 83.1 Å². The molecule has 6 nitrogen and oxygen atoms in total. The van der Waals surface area contributed by atoms with E-state index in [2.05, 4.69) is 0 Å². The van der Waals surface area contributed by atoms with Gasteiger partial charge < -0.3 is 28.4 Å². The van der Waals surface area contributed by atoms with E-state index in [9.17, 15) is 0 Å². The molecule has 0 saturated heterocycles. The van der Waals surface area contributed by atoms with Gasteiger partial charge in [0.2, 0.25) is 0 Å². The van der Waals surface area contributed by atoms with Crippen molar-refractivity contribution in [3.05, 3.63) is 0 Å². The maximum atomic E-state index is 6.21. The van der Waals surface area contributed by atoms with Gasteiger partial charge in [-0.2, -0.15) is 0 Å². The van der Waals surface area contributed by atoms with Crippen LogP contribution in [0.25, 0.3) is 0 Å². The summed E-state index contributed by atoms with van der Waals surface area (Å²) in [5.41, 5.74) is 0. The van der Waals surface area contributed by atoms with Crippen LogP contribution in [0.4, 0.5) is 0 Å². The third-order valence-corrected chi connectivity index (χ3v) is 2.72. The fourth-order valence-corrected chi connectivity index (χ4v) is 2.46. The Morgan fingerprint density at radius 2 is 0.423 bits per heavy atom. The van der Waals surface area contributed by atoms with Gasteiger partial charge in [0.05, 0.1) is 36.6 Å². The molecule has 0 aliphatic heterocycles. The average Bonchev–Trinajstić information content (AvgIpc) is 2.32. The highest BCUT2D eigenvalue weighted by molar-refractivity contribution is 4.80. The van der Waals surface area contributed by atoms with Crippen LogP contribution in [0.3, 0.4) is 0 Å². The van der Waals surface area contributed by atoms with Gasteiger partial charge in [-0.3, -0.25) is 0 Å². The molecule has 0 aliphatic rings. The Labute approximate surface area is 160 Å². The Morgan fingerprint density at radius 1 is 0.308 bits per heavy atom. The summed E-state index contributed by atoms with van der Waals surface area (Å²) in [7, 11) is 0. The second-order valence-electron chi connectivity index (χ2n) is 8.11. The van der Waals surface area contributed by atoms with Crippen LogP contribution in [0, 0.1) is 0 Å². The summed E-state index contributed by atoms with van der Waals surface area (Å²) in [4.78, 5) is 0. The largest absolute Gasteiger partial charge is 0.371 e. The van der Waals surface area contributed by atoms with Gasteiger partial charge in [0.25, 0.3) is 0 Å². The summed E-state index contributed by atoms with van der Waals surface area (Å²) >= 11 is 0. The van der Waals surface area contributed by atoms with Crippen molar-refractivity contribution in [1.29, 1.82) is 0 Å². The van der Waals surface area contributed by atoms with Crippen molar-refractivity contribution in [2.45, 2.75) is 132 Å². The van der Waals surface area contributed by atoms with Gasteiger partial charge in [0.15, 0.2) is 0 Å². The Bertz CT molecular complexity index is 287. The molecular weight excluding hydrogens is 336 g/mol. The molecule has 0 aromatic carbocycles. The van der Waals surface area contributed by atoms with Gasteiger partial charge in [-0.1, -0.05) is 0 Å². The van der Waals surface area contributed by atoms with Crippen LogP contribution in [-0.2, 0) is 28.4 Å². The lowest BCUT2D eigenvalue weighted by molar-refractivity contribution is -0.584. The molecule has 0 bridgehead atoms. The van der Waals surface area contributed by atoms with Crippen LogP contribution in [0.15, 0.2) is 0 Å². The van der Waals surface area contributed by atoms with Gasteiger partial charge in [0, 0.05) is 0 Å². The number of hydrogen-bond acceptors (Lipinski definition) is 6. The maximum Gasteiger partial charge on any atom is 0.371 e. The van der Waals surface area contributed by atoms with Crippen LogP contribution in [0.1, 0.15) is 83.1 Å². The molecule has 0 radical (unpaired) electrons. The van der Waals surface area contributed by atoms with Gasteiger partial charge in [-0.25, -0.2) is 0 Å². The van der Waals surface area contributed by atoms with Crippen LogP contribution in [-0.4, -0.2) is 48.6 Å². The molecule has 0 heterocycles. The lowest BCUT2D eigenvalue weighted by atomic mass is 10.3. The lowest BCUT2D eigenvalue weighted by Crippen LogP contribution is -2.67. The SMILES string of the molecule is CC(C)OC(OC(C)C)(OC(C)C)C(OC(C)C)(OC(C)C)OC(C)C. The average molecular weight is 379 g/mol. The maximum absolute atomic E-state index is 6.21. The van der Waals surface area contributed by atoms with Crippen LogP contribution >= 0.6 is 0 Å². The summed E-state index contributed by atoms with van der Waals surface area (Å²) in [5, 5.41) is 0. The van der Waals surface area contributed by atoms with E-state index in [1.165, 1.54) is 0 Å². The molecule has 0 aromatic rings. The first-order valence-electron chi connectivity index (χ1n) is 9.82. The number of ether oxygens (including phenoxy) is 6. The van der Waals surface area contributed by atoms with Crippen LogP contribution in [0.2, 0.25) is 0 Å². The molecule has 0 rings (SSSR count). The van der Waals surface area contributed by atoms with E-state index in [0.717, 1.165) is 0 Å². The van der Waals surface area contributed by atoms with Crippen molar-refractivity contribution in [3.8, 4) is 0 Å². The third kappa shape index (κ3) is 8.19. The molecule has 0 aromatic heterocycles. The predicted molar refractivity (Wildman–Crippen MR) is 103 cm³/mol. The van der Waals surface area contributed by atoms with Gasteiger partial charge in [0.1, 0.15) is 0 Å². The Morgan fingerprint density at radius 3 is 0.500 bits per heavy atom. The van der Waals surface area contributed by atoms with E-state index in [4.69, 9.17) is 28.4 Å². The van der Waals surface area contributed by atoms with Crippen molar-refractivity contribution < 1.29 is 28.4 Å². The summed E-state index contributed by atoms with van der Waals surface area (Å²) in [5.74, 6) is -3.38. The summed E-state index contributed by atoms with van der Waals surface area (Å²) in [6, 6.07) is 0. The topological polar surface area (TPSA) is 55.4 Å². The summed E-state index contributed by atoms with van der Waals surface area (Å²) in [6.07, 6.45) is -1.28. The molecule has 158 valence electrons. The first kappa shape index (κ1) is 25.8. The Balaban J connectivity index is 6.53. The van der Waals surface area contributed by atoms with E-state index in [1.807, 2.05) is 83.1 Å². The van der Waals surface area contributed by atoms with E-state index >= 15 is 0 Å². The van der Waals surface area contributed by atoms with Crippen molar-refractivity contribution in [2.24, 2.45) is 0 Å². The number of hydrogen-bond donors (Lipinski definition) is 0. The van der Waals surface area contributed by atoms with Crippen LogP contribution in [0.5, 0.6) is 0 Å². The van der Waals surface area contributed by atoms with E-state index in [-0.39, 0.29) is 36.6 Å². The highest BCUT2D eigenvalue weighted by Crippen LogP contribution is 2.41. The van der Waals surface area contributed by atoms with Crippen molar-refractivity contribution in [1.82, 2.24) is 0 Å². The fraction of sp³-hybridized carbons (Fsp3) is 1.00. The van der Waals surface area contributed by atoms with Gasteiger partial charge >= 0.3 is 11.9 Å². The van der Waals surface area contributed by atoms with Crippen molar-refractivity contribution >= 4 is 0 Å². The summed E-state index contributed by atoms with van der Waals surface area (Å²) < 4.78 is 37.2. The molecular formula is C20H42O6. The predicted octanol–water partition coefficient (Wildman–Crippen LogP) is 4.84. The van der Waals surface area contributed by atoms with E-state index in [1.54, 1.807) is 0 Å². The molecule has 0 atom stereocenters. The first-order valence-corrected chi connectivity index (χ1v) is 9.82. The minimum atomic E-state index is -1.69. The highest BCUT2D eigenvalue weighted by atomic mass is 17.0. The normalized spacial score (nSPS) is 14.1. The lowest BCUT2D eigenvalue weighted by Gasteiger charge is -2.50. The molecule has 0 spiro atoms. The standard InChI is InChI=1S/C20H42O6/c1-13(2)21-19(22-14(3)4,23-15(5)6)20(24-16(7)8,25-17(9)10)26-18(11)12/h13-18H,1-12H3. The second-order valence-corrected chi connectivity index (χ2v) is 8.11. The minimum Gasteiger partial charge on any atom is -0.318 e. The second kappa shape index (κ2) is 10.9. The molecule has 0 aliphatic carbocycles. The van der Waals surface area contributed by atoms with E-state index < -0.39 is 11.9 Å². The van der Waals surface area contributed by atoms with Crippen LogP contribution < -0.4 is 0 Å². The molecule has 0 amide bonds. The fourth-order valence-electron chi connectivity index (χ4n) is 2.46. The van der Waals surface area contributed by atoms with Gasteiger partial charge in [-0.15, -0.1) is 0 Å². The molecule has 6 heteroatoms. The highest BCUT2D eigenvalue weighted by Gasteiger charge is 2.64. The summed E-state index contributed by atoms with van der Waals surface area (Å²) in [6.45, 7) is 22.9. The van der Waals surface area contributed by atoms with E-state index in [0.29, 0.717) is 0 Å². The zero-order chi connectivity index (χ0) is 20.7. The smallest absolute Gasteiger partial charge is 0.318 e. The molecule has 26 heavy (non-hydrogen) atoms. The van der Waals surface area contributed by atoms with Crippen molar-refractivity contribution in [3.63, 3.8) is 0 Å². The Kier molecular flexibility index (Phi) is 10.8. The Hall–Kier alpha value is -0.240. The molecule has 0 saturated carbocycles. The zero-order valence-electron chi connectivity index (χ0n) is 18.9. The monoisotopic (exact) mass is 378 g/mol. The van der Waals surface area contributed by atoms with Crippen molar-refractivity contribution in [2.75, 3.05) is 0 Å². The third-order valence-electron chi connectivity index (χ3n) is 2.72. The molecule has 0 N–H and O–H groups in total. The molecule has 0 unspecified atom stereocenters. The quantitative estimate of drug-likeness (QED) is 0.427.